The maximum atomic E-state index is 13.8. The van der Waals surface area contributed by atoms with Crippen LogP contribution in [0.5, 0.6) is 0 Å². The van der Waals surface area contributed by atoms with Gasteiger partial charge in [0.15, 0.2) is 5.69 Å². The maximum Gasteiger partial charge on any atom is 0.337 e. The fraction of sp³-hybridized carbons (Fsp3) is 0.0588. The Morgan fingerprint density at radius 1 is 1.12 bits per heavy atom. The van der Waals surface area contributed by atoms with Crippen molar-refractivity contribution in [2.24, 2.45) is 0 Å². The lowest BCUT2D eigenvalue weighted by Gasteiger charge is -2.10. The molecule has 0 bridgehead atoms. The first kappa shape index (κ1) is 16.4. The molecule has 6 nitrogen and oxygen atoms in total. The zero-order valence-electron chi connectivity index (χ0n) is 13.0. The molecule has 0 aliphatic carbocycles. The van der Waals surface area contributed by atoms with Crippen molar-refractivity contribution >= 4 is 17.2 Å². The van der Waals surface area contributed by atoms with Gasteiger partial charge in [-0.1, -0.05) is 24.3 Å². The second-order valence-electron chi connectivity index (χ2n) is 5.24. The van der Waals surface area contributed by atoms with Crippen LogP contribution in [-0.2, 0) is 0 Å². The summed E-state index contributed by atoms with van der Waals surface area (Å²) in [5.41, 5.74) is 0.963. The van der Waals surface area contributed by atoms with Gasteiger partial charge in [0, 0.05) is 11.6 Å². The molecule has 1 N–H and O–H groups in total. The third kappa shape index (κ3) is 3.27. The zero-order valence-corrected chi connectivity index (χ0v) is 13.0. The van der Waals surface area contributed by atoms with Gasteiger partial charge in [-0.3, -0.25) is 10.1 Å². The first-order valence-electron chi connectivity index (χ1n) is 7.25. The summed E-state index contributed by atoms with van der Waals surface area (Å²) < 4.78 is 26.9. The summed E-state index contributed by atoms with van der Waals surface area (Å²) >= 11 is 0. The normalized spacial score (nSPS) is 10.5. The molecule has 0 saturated heterocycles. The first-order valence-corrected chi connectivity index (χ1v) is 7.25. The standard InChI is InChI=1S/C17H12F2N4O2/c1-10-4-2-3-5-12(10)15-16(23(24)25)17(21-9-20-15)22-14-7-6-11(18)8-13(14)19/h2-9H,1H3,(H,20,21,22). The number of nitrogens with one attached hydrogen (secondary N) is 1. The Hall–Kier alpha value is -3.42. The second-order valence-corrected chi connectivity index (χ2v) is 5.24. The van der Waals surface area contributed by atoms with Crippen LogP contribution in [0.15, 0.2) is 48.8 Å². The lowest BCUT2D eigenvalue weighted by atomic mass is 10.0. The van der Waals surface area contributed by atoms with E-state index in [-0.39, 0.29) is 22.9 Å². The maximum absolute atomic E-state index is 13.8. The predicted molar refractivity (Wildman–Crippen MR) is 88.5 cm³/mol. The summed E-state index contributed by atoms with van der Waals surface area (Å²) in [6.45, 7) is 1.80. The van der Waals surface area contributed by atoms with E-state index in [1.807, 2.05) is 0 Å². The molecule has 8 heteroatoms. The van der Waals surface area contributed by atoms with Crippen LogP contribution >= 0.6 is 0 Å². The minimum atomic E-state index is -0.884. The van der Waals surface area contributed by atoms with E-state index in [0.717, 1.165) is 24.0 Å². The lowest BCUT2D eigenvalue weighted by molar-refractivity contribution is -0.383. The van der Waals surface area contributed by atoms with E-state index in [1.54, 1.807) is 31.2 Å². The van der Waals surface area contributed by atoms with Crippen LogP contribution in [0, 0.1) is 28.7 Å². The van der Waals surface area contributed by atoms with Crippen molar-refractivity contribution in [3.63, 3.8) is 0 Å². The molecule has 0 aliphatic rings. The van der Waals surface area contributed by atoms with Gasteiger partial charge in [0.05, 0.1) is 10.6 Å². The molecule has 0 fully saturated rings. The SMILES string of the molecule is Cc1ccccc1-c1ncnc(Nc2ccc(F)cc2F)c1[N+](=O)[O-]. The van der Waals surface area contributed by atoms with Gasteiger partial charge in [0.25, 0.3) is 0 Å². The molecule has 25 heavy (non-hydrogen) atoms. The topological polar surface area (TPSA) is 81.0 Å². The summed E-state index contributed by atoms with van der Waals surface area (Å²) in [4.78, 5) is 18.8. The highest BCUT2D eigenvalue weighted by atomic mass is 19.1. The second kappa shape index (κ2) is 6.60. The number of benzene rings is 2. The first-order chi connectivity index (χ1) is 12.0. The van der Waals surface area contributed by atoms with E-state index in [1.165, 1.54) is 0 Å². The highest BCUT2D eigenvalue weighted by Gasteiger charge is 2.25. The Kier molecular flexibility index (Phi) is 4.34. The quantitative estimate of drug-likeness (QED) is 0.562. The van der Waals surface area contributed by atoms with Crippen molar-refractivity contribution in [1.82, 2.24) is 9.97 Å². The molecular weight excluding hydrogens is 330 g/mol. The number of halogens is 2. The summed E-state index contributed by atoms with van der Waals surface area (Å²) in [6, 6.07) is 9.91. The number of hydrogen-bond acceptors (Lipinski definition) is 5. The number of nitro groups is 1. The number of aryl methyl sites for hydroxylation is 1. The van der Waals surface area contributed by atoms with Crippen LogP contribution in [0.4, 0.5) is 26.0 Å². The third-order valence-corrected chi connectivity index (χ3v) is 3.59. The van der Waals surface area contributed by atoms with Crippen molar-refractivity contribution in [1.29, 1.82) is 0 Å². The van der Waals surface area contributed by atoms with Gasteiger partial charge in [-0.05, 0) is 24.6 Å². The summed E-state index contributed by atoms with van der Waals surface area (Å²) in [5.74, 6) is -1.81. The van der Waals surface area contributed by atoms with E-state index in [0.29, 0.717) is 11.6 Å². The molecule has 0 unspecified atom stereocenters. The predicted octanol–water partition coefficient (Wildman–Crippen LogP) is 4.38. The molecule has 0 spiro atoms. The molecule has 1 heterocycles. The minimum Gasteiger partial charge on any atom is -0.332 e. The van der Waals surface area contributed by atoms with E-state index >= 15 is 0 Å². The fourth-order valence-electron chi connectivity index (χ4n) is 2.40. The van der Waals surface area contributed by atoms with Crippen molar-refractivity contribution in [2.75, 3.05) is 5.32 Å². The Morgan fingerprint density at radius 2 is 1.88 bits per heavy atom. The summed E-state index contributed by atoms with van der Waals surface area (Å²) in [6.07, 6.45) is 1.15. The van der Waals surface area contributed by atoms with Crippen molar-refractivity contribution in [2.45, 2.75) is 6.92 Å². The highest BCUT2D eigenvalue weighted by molar-refractivity contribution is 5.80. The van der Waals surface area contributed by atoms with E-state index in [2.05, 4.69) is 15.3 Å². The molecule has 3 rings (SSSR count). The molecule has 2 aromatic carbocycles. The Balaban J connectivity index is 2.13. The number of anilines is 2. The van der Waals surface area contributed by atoms with Crippen LogP contribution in [0.3, 0.4) is 0 Å². The smallest absolute Gasteiger partial charge is 0.332 e. The lowest BCUT2D eigenvalue weighted by Crippen LogP contribution is -2.05. The van der Waals surface area contributed by atoms with Crippen LogP contribution in [0.2, 0.25) is 0 Å². The number of hydrogen-bond donors (Lipinski definition) is 1. The average molecular weight is 342 g/mol. The largest absolute Gasteiger partial charge is 0.337 e. The summed E-state index contributed by atoms with van der Waals surface area (Å²) in [7, 11) is 0. The molecule has 1 aromatic heterocycles. The van der Waals surface area contributed by atoms with Gasteiger partial charge in [0.2, 0.25) is 5.82 Å². The van der Waals surface area contributed by atoms with Crippen molar-refractivity contribution in [3.8, 4) is 11.3 Å². The zero-order chi connectivity index (χ0) is 18.0. The molecule has 3 aromatic rings. The minimum absolute atomic E-state index is 0.114. The fourth-order valence-corrected chi connectivity index (χ4v) is 2.40. The van der Waals surface area contributed by atoms with Crippen LogP contribution in [-0.4, -0.2) is 14.9 Å². The van der Waals surface area contributed by atoms with E-state index in [9.17, 15) is 18.9 Å². The monoisotopic (exact) mass is 342 g/mol. The van der Waals surface area contributed by atoms with Gasteiger partial charge in [0.1, 0.15) is 18.0 Å². The van der Waals surface area contributed by atoms with Crippen LogP contribution < -0.4 is 5.32 Å². The molecule has 0 aliphatic heterocycles. The molecule has 0 amide bonds. The third-order valence-electron chi connectivity index (χ3n) is 3.59. The number of aromatic nitrogens is 2. The Labute approximate surface area is 141 Å². The van der Waals surface area contributed by atoms with Gasteiger partial charge >= 0.3 is 5.69 Å². The molecule has 126 valence electrons. The number of nitrogens with zero attached hydrogens (tertiary/aromatic N) is 3. The van der Waals surface area contributed by atoms with Crippen molar-refractivity contribution in [3.05, 3.63) is 76.1 Å². The Bertz CT molecular complexity index is 963. The molecule has 0 atom stereocenters. The van der Waals surface area contributed by atoms with Gasteiger partial charge in [-0.15, -0.1) is 0 Å². The van der Waals surface area contributed by atoms with Gasteiger partial charge in [-0.25, -0.2) is 18.7 Å². The molecule has 0 radical (unpaired) electrons. The number of rotatable bonds is 4. The van der Waals surface area contributed by atoms with Gasteiger partial charge < -0.3 is 5.32 Å². The van der Waals surface area contributed by atoms with Crippen LogP contribution in [0.1, 0.15) is 5.56 Å². The highest BCUT2D eigenvalue weighted by Crippen LogP contribution is 2.35. The average Bonchev–Trinajstić information content (AvgIpc) is 2.57. The van der Waals surface area contributed by atoms with Crippen molar-refractivity contribution < 1.29 is 13.7 Å². The van der Waals surface area contributed by atoms with E-state index < -0.39 is 16.6 Å². The molecule has 0 saturated carbocycles. The van der Waals surface area contributed by atoms with E-state index in [4.69, 9.17) is 0 Å². The summed E-state index contributed by atoms with van der Waals surface area (Å²) in [5, 5.41) is 14.1. The van der Waals surface area contributed by atoms with Gasteiger partial charge in [-0.2, -0.15) is 0 Å². The van der Waals surface area contributed by atoms with Crippen LogP contribution in [0.25, 0.3) is 11.3 Å². The Morgan fingerprint density at radius 3 is 2.56 bits per heavy atom. The molecular formula is C17H12F2N4O2.